The molecule has 4 nitrogen and oxygen atoms in total. The largest absolute Gasteiger partial charge is 0.396 e. The number of aliphatic hydroxyl groups is 1. The molecule has 1 aliphatic heterocycles. The van der Waals surface area contributed by atoms with Crippen LogP contribution in [-0.2, 0) is 4.79 Å². The van der Waals surface area contributed by atoms with Gasteiger partial charge in [-0.1, -0.05) is 0 Å². The standard InChI is InChI=1S/C10H20N2O2/c13-7-2-1-5-12-10(14)8-9-4-3-6-11-9/h9,11,13H,1-8H2,(H,12,14). The number of rotatable bonds is 6. The number of nitrogens with one attached hydrogen (secondary N) is 2. The Morgan fingerprint density at radius 1 is 1.50 bits per heavy atom. The van der Waals surface area contributed by atoms with Crippen LogP contribution in [0.3, 0.4) is 0 Å². The van der Waals surface area contributed by atoms with E-state index in [1.54, 1.807) is 0 Å². The van der Waals surface area contributed by atoms with E-state index in [-0.39, 0.29) is 12.5 Å². The molecule has 3 N–H and O–H groups in total. The topological polar surface area (TPSA) is 61.4 Å². The molecule has 14 heavy (non-hydrogen) atoms. The van der Waals surface area contributed by atoms with Crippen LogP contribution in [0, 0.1) is 0 Å². The number of hydrogen-bond donors (Lipinski definition) is 3. The molecule has 0 radical (unpaired) electrons. The van der Waals surface area contributed by atoms with Crippen LogP contribution in [0.4, 0.5) is 0 Å². The summed E-state index contributed by atoms with van der Waals surface area (Å²) in [6.07, 6.45) is 4.52. The molecule has 0 aromatic rings. The van der Waals surface area contributed by atoms with E-state index in [9.17, 15) is 4.79 Å². The zero-order chi connectivity index (χ0) is 10.2. The van der Waals surface area contributed by atoms with Gasteiger partial charge in [-0.3, -0.25) is 4.79 Å². The van der Waals surface area contributed by atoms with E-state index < -0.39 is 0 Å². The summed E-state index contributed by atoms with van der Waals surface area (Å²) in [6.45, 7) is 1.94. The molecule has 1 heterocycles. The van der Waals surface area contributed by atoms with Crippen molar-refractivity contribution in [2.45, 2.75) is 38.1 Å². The van der Waals surface area contributed by atoms with E-state index >= 15 is 0 Å². The highest BCUT2D eigenvalue weighted by molar-refractivity contribution is 5.76. The first-order valence-corrected chi connectivity index (χ1v) is 5.44. The van der Waals surface area contributed by atoms with Crippen LogP contribution >= 0.6 is 0 Å². The summed E-state index contributed by atoms with van der Waals surface area (Å²) in [5, 5.41) is 14.7. The van der Waals surface area contributed by atoms with Gasteiger partial charge in [-0.15, -0.1) is 0 Å². The lowest BCUT2D eigenvalue weighted by atomic mass is 10.1. The number of amides is 1. The van der Waals surface area contributed by atoms with E-state index in [0.717, 1.165) is 25.8 Å². The Morgan fingerprint density at radius 2 is 2.36 bits per heavy atom. The van der Waals surface area contributed by atoms with Crippen molar-refractivity contribution in [1.29, 1.82) is 0 Å². The van der Waals surface area contributed by atoms with Gasteiger partial charge in [-0.25, -0.2) is 0 Å². The lowest BCUT2D eigenvalue weighted by molar-refractivity contribution is -0.121. The Hall–Kier alpha value is -0.610. The van der Waals surface area contributed by atoms with Gasteiger partial charge in [0.1, 0.15) is 0 Å². The predicted molar refractivity (Wildman–Crippen MR) is 55.0 cm³/mol. The molecule has 1 atom stereocenters. The molecule has 1 saturated heterocycles. The van der Waals surface area contributed by atoms with E-state index in [1.807, 2.05) is 0 Å². The number of aliphatic hydroxyl groups excluding tert-OH is 1. The zero-order valence-corrected chi connectivity index (χ0v) is 8.59. The van der Waals surface area contributed by atoms with Gasteiger partial charge in [0.05, 0.1) is 0 Å². The second-order valence-corrected chi connectivity index (χ2v) is 3.78. The maximum Gasteiger partial charge on any atom is 0.221 e. The van der Waals surface area contributed by atoms with Gasteiger partial charge < -0.3 is 15.7 Å². The van der Waals surface area contributed by atoms with Crippen LogP contribution in [0.25, 0.3) is 0 Å². The fourth-order valence-corrected chi connectivity index (χ4v) is 1.69. The van der Waals surface area contributed by atoms with Gasteiger partial charge in [0, 0.05) is 25.6 Å². The fourth-order valence-electron chi connectivity index (χ4n) is 1.69. The van der Waals surface area contributed by atoms with E-state index in [0.29, 0.717) is 19.0 Å². The van der Waals surface area contributed by atoms with Crippen LogP contribution in [0.1, 0.15) is 32.1 Å². The summed E-state index contributed by atoms with van der Waals surface area (Å²) in [5.74, 6) is 0.127. The molecule has 0 aliphatic carbocycles. The third-order valence-corrected chi connectivity index (χ3v) is 2.50. The van der Waals surface area contributed by atoms with Crippen molar-refractivity contribution in [3.63, 3.8) is 0 Å². The Bertz CT molecular complexity index is 168. The highest BCUT2D eigenvalue weighted by Gasteiger charge is 2.16. The lowest BCUT2D eigenvalue weighted by Crippen LogP contribution is -2.32. The average molecular weight is 200 g/mol. The second-order valence-electron chi connectivity index (χ2n) is 3.78. The zero-order valence-electron chi connectivity index (χ0n) is 8.59. The summed E-state index contributed by atoms with van der Waals surface area (Å²) < 4.78 is 0. The van der Waals surface area contributed by atoms with Gasteiger partial charge in [0.25, 0.3) is 0 Å². The predicted octanol–water partition coefficient (Wildman–Crippen LogP) is 0.0172. The Labute approximate surface area is 85.1 Å². The van der Waals surface area contributed by atoms with Crippen molar-refractivity contribution in [3.8, 4) is 0 Å². The highest BCUT2D eigenvalue weighted by atomic mass is 16.2. The fraction of sp³-hybridized carbons (Fsp3) is 0.900. The van der Waals surface area contributed by atoms with Crippen LogP contribution in [0.5, 0.6) is 0 Å². The molecule has 0 spiro atoms. The molecule has 4 heteroatoms. The smallest absolute Gasteiger partial charge is 0.221 e. The molecule has 82 valence electrons. The molecule has 1 aliphatic rings. The maximum atomic E-state index is 11.3. The Kier molecular flexibility index (Phi) is 5.56. The van der Waals surface area contributed by atoms with Crippen molar-refractivity contribution < 1.29 is 9.90 Å². The first-order valence-electron chi connectivity index (χ1n) is 5.44. The molecule has 0 saturated carbocycles. The molecule has 1 fully saturated rings. The normalized spacial score (nSPS) is 21.1. The van der Waals surface area contributed by atoms with Crippen LogP contribution in [0.2, 0.25) is 0 Å². The summed E-state index contributed by atoms with van der Waals surface area (Å²) >= 11 is 0. The van der Waals surface area contributed by atoms with E-state index in [1.165, 1.54) is 6.42 Å². The van der Waals surface area contributed by atoms with Gasteiger partial charge in [-0.2, -0.15) is 0 Å². The monoisotopic (exact) mass is 200 g/mol. The van der Waals surface area contributed by atoms with Gasteiger partial charge in [0.2, 0.25) is 5.91 Å². The van der Waals surface area contributed by atoms with E-state index in [2.05, 4.69) is 10.6 Å². The minimum absolute atomic E-state index is 0.127. The molecule has 1 unspecified atom stereocenters. The molecule has 0 bridgehead atoms. The third kappa shape index (κ3) is 4.58. The number of carbonyl (C=O) groups excluding carboxylic acids is 1. The Morgan fingerprint density at radius 3 is 3.00 bits per heavy atom. The lowest BCUT2D eigenvalue weighted by Gasteiger charge is -2.09. The summed E-state index contributed by atoms with van der Waals surface area (Å²) in [4.78, 5) is 11.3. The molecule has 1 amide bonds. The quantitative estimate of drug-likeness (QED) is 0.530. The second kappa shape index (κ2) is 6.79. The number of carbonyl (C=O) groups is 1. The Balaban J connectivity index is 1.98. The van der Waals surface area contributed by atoms with Crippen molar-refractivity contribution in [1.82, 2.24) is 10.6 Å². The molecule has 1 rings (SSSR count). The van der Waals surface area contributed by atoms with Crippen molar-refractivity contribution in [2.75, 3.05) is 19.7 Å². The molecule has 0 aromatic heterocycles. The van der Waals surface area contributed by atoms with Gasteiger partial charge in [-0.05, 0) is 32.2 Å². The average Bonchev–Trinajstić information content (AvgIpc) is 2.65. The van der Waals surface area contributed by atoms with Gasteiger partial charge in [0.15, 0.2) is 0 Å². The molecule has 0 aromatic carbocycles. The first-order chi connectivity index (χ1) is 6.83. The molecular weight excluding hydrogens is 180 g/mol. The van der Waals surface area contributed by atoms with Crippen molar-refractivity contribution in [3.05, 3.63) is 0 Å². The summed E-state index contributed by atoms with van der Waals surface area (Å²) in [6, 6.07) is 0.382. The van der Waals surface area contributed by atoms with Crippen LogP contribution < -0.4 is 10.6 Å². The van der Waals surface area contributed by atoms with E-state index in [4.69, 9.17) is 5.11 Å². The van der Waals surface area contributed by atoms with Crippen LogP contribution in [-0.4, -0.2) is 36.8 Å². The van der Waals surface area contributed by atoms with Crippen molar-refractivity contribution in [2.24, 2.45) is 0 Å². The summed E-state index contributed by atoms with van der Waals surface area (Å²) in [5.41, 5.74) is 0. The highest BCUT2D eigenvalue weighted by Crippen LogP contribution is 2.07. The third-order valence-electron chi connectivity index (χ3n) is 2.50. The minimum Gasteiger partial charge on any atom is -0.396 e. The number of unbranched alkanes of at least 4 members (excludes halogenated alkanes) is 1. The first kappa shape index (κ1) is 11.5. The number of hydrogen-bond acceptors (Lipinski definition) is 3. The minimum atomic E-state index is 0.127. The van der Waals surface area contributed by atoms with Crippen LogP contribution in [0.15, 0.2) is 0 Å². The maximum absolute atomic E-state index is 11.3. The summed E-state index contributed by atoms with van der Waals surface area (Å²) in [7, 11) is 0. The SMILES string of the molecule is O=C(CC1CCCN1)NCCCCO. The molecular formula is C10H20N2O2. The van der Waals surface area contributed by atoms with Crippen molar-refractivity contribution >= 4 is 5.91 Å². The van der Waals surface area contributed by atoms with Gasteiger partial charge >= 0.3 is 0 Å².